The Balaban J connectivity index is 1.87. The monoisotopic (exact) mass is 261 g/mol. The second-order valence-electron chi connectivity index (χ2n) is 4.42. The molecule has 0 amide bonds. The number of nitrogen functional groups attached to an aromatic ring is 1. The van der Waals surface area contributed by atoms with Gasteiger partial charge in [-0.1, -0.05) is 12.1 Å². The molecule has 1 heterocycles. The first-order valence-electron chi connectivity index (χ1n) is 6.31. The van der Waals surface area contributed by atoms with Crippen LogP contribution in [0.1, 0.15) is 11.3 Å². The molecule has 0 aliphatic rings. The van der Waals surface area contributed by atoms with Crippen LogP contribution < -0.4 is 10.5 Å². The third-order valence-electron chi connectivity index (χ3n) is 2.79. The van der Waals surface area contributed by atoms with Crippen molar-refractivity contribution in [1.29, 1.82) is 0 Å². The molecular weight excluding hydrogens is 242 g/mol. The van der Waals surface area contributed by atoms with Gasteiger partial charge in [-0.15, -0.1) is 0 Å². The summed E-state index contributed by atoms with van der Waals surface area (Å²) >= 11 is 0. The fourth-order valence-corrected chi connectivity index (χ4v) is 1.86. The summed E-state index contributed by atoms with van der Waals surface area (Å²) in [6.07, 6.45) is 0.691. The van der Waals surface area contributed by atoms with E-state index >= 15 is 0 Å². The smallest absolute Gasteiger partial charge is 0.122 e. The number of nitrogens with zero attached hydrogens (tertiary/aromatic N) is 2. The molecule has 3 N–H and O–H groups in total. The van der Waals surface area contributed by atoms with Crippen molar-refractivity contribution in [3.63, 3.8) is 0 Å². The van der Waals surface area contributed by atoms with Gasteiger partial charge >= 0.3 is 0 Å². The Bertz CT molecular complexity index is 537. The molecule has 102 valence electrons. The number of ether oxygens (including phenoxy) is 1. The number of rotatable bonds is 6. The number of benzene rings is 1. The van der Waals surface area contributed by atoms with E-state index in [1.165, 1.54) is 5.56 Å². The topological polar surface area (TPSA) is 73.3 Å². The van der Waals surface area contributed by atoms with Gasteiger partial charge < -0.3 is 15.6 Å². The van der Waals surface area contributed by atoms with Crippen LogP contribution in [0.3, 0.4) is 0 Å². The number of anilines is 1. The number of aryl methyl sites for hydroxylation is 1. The van der Waals surface area contributed by atoms with Gasteiger partial charge in [0.2, 0.25) is 0 Å². The van der Waals surface area contributed by atoms with Crippen molar-refractivity contribution < 1.29 is 9.84 Å². The maximum atomic E-state index is 8.86. The molecule has 0 unspecified atom stereocenters. The van der Waals surface area contributed by atoms with E-state index in [0.717, 1.165) is 11.4 Å². The van der Waals surface area contributed by atoms with E-state index in [1.54, 1.807) is 4.68 Å². The number of aromatic nitrogens is 2. The van der Waals surface area contributed by atoms with E-state index in [-0.39, 0.29) is 6.61 Å². The van der Waals surface area contributed by atoms with Gasteiger partial charge in [0.1, 0.15) is 11.6 Å². The number of aliphatic hydroxyl groups excluding tert-OH is 1. The van der Waals surface area contributed by atoms with Gasteiger partial charge in [0, 0.05) is 12.5 Å². The van der Waals surface area contributed by atoms with E-state index in [0.29, 0.717) is 25.4 Å². The van der Waals surface area contributed by atoms with E-state index in [2.05, 4.69) is 5.10 Å². The van der Waals surface area contributed by atoms with Crippen LogP contribution in [0, 0.1) is 6.92 Å². The summed E-state index contributed by atoms with van der Waals surface area (Å²) < 4.78 is 7.26. The standard InChI is InChI=1S/C14H19N3O2/c1-11-3-2-4-13(9-11)19-8-5-12-10-14(15)17(16-12)6-7-18/h2-4,9-10,18H,5-8,15H2,1H3. The molecule has 2 rings (SSSR count). The van der Waals surface area contributed by atoms with Crippen molar-refractivity contribution in [3.05, 3.63) is 41.6 Å². The predicted molar refractivity (Wildman–Crippen MR) is 74.1 cm³/mol. The molecule has 0 saturated heterocycles. The zero-order valence-corrected chi connectivity index (χ0v) is 11.0. The molecule has 0 atom stereocenters. The first-order chi connectivity index (χ1) is 9.19. The Labute approximate surface area is 112 Å². The summed E-state index contributed by atoms with van der Waals surface area (Å²) in [4.78, 5) is 0. The Hall–Kier alpha value is -2.01. The van der Waals surface area contributed by atoms with Crippen LogP contribution in [0.15, 0.2) is 30.3 Å². The Kier molecular flexibility index (Phi) is 4.41. The lowest BCUT2D eigenvalue weighted by atomic mass is 10.2. The minimum absolute atomic E-state index is 0.0328. The molecule has 0 aliphatic carbocycles. The Morgan fingerprint density at radius 3 is 2.95 bits per heavy atom. The van der Waals surface area contributed by atoms with Crippen LogP contribution in [-0.4, -0.2) is 28.1 Å². The lowest BCUT2D eigenvalue weighted by Gasteiger charge is -2.05. The molecule has 0 aliphatic heterocycles. The van der Waals surface area contributed by atoms with Gasteiger partial charge in [0.25, 0.3) is 0 Å². The number of nitrogens with two attached hydrogens (primary N) is 1. The average Bonchev–Trinajstić information content (AvgIpc) is 2.71. The van der Waals surface area contributed by atoms with Crippen LogP contribution in [0.5, 0.6) is 5.75 Å². The normalized spacial score (nSPS) is 10.6. The van der Waals surface area contributed by atoms with Crippen molar-refractivity contribution in [2.75, 3.05) is 18.9 Å². The van der Waals surface area contributed by atoms with Crippen LogP contribution >= 0.6 is 0 Å². The molecule has 0 saturated carbocycles. The van der Waals surface area contributed by atoms with E-state index < -0.39 is 0 Å². The van der Waals surface area contributed by atoms with Gasteiger partial charge in [-0.2, -0.15) is 5.10 Å². The van der Waals surface area contributed by atoms with Crippen LogP contribution in [-0.2, 0) is 13.0 Å². The molecule has 1 aromatic heterocycles. The van der Waals surface area contributed by atoms with Gasteiger partial charge in [-0.05, 0) is 24.6 Å². The highest BCUT2D eigenvalue weighted by Gasteiger charge is 2.04. The maximum Gasteiger partial charge on any atom is 0.122 e. The van der Waals surface area contributed by atoms with E-state index in [1.807, 2.05) is 37.3 Å². The van der Waals surface area contributed by atoms with E-state index in [9.17, 15) is 0 Å². The number of hydrogen-bond donors (Lipinski definition) is 2. The van der Waals surface area contributed by atoms with Gasteiger partial charge in [0.15, 0.2) is 0 Å². The highest BCUT2D eigenvalue weighted by atomic mass is 16.5. The molecule has 5 nitrogen and oxygen atoms in total. The third-order valence-corrected chi connectivity index (χ3v) is 2.79. The lowest BCUT2D eigenvalue weighted by Crippen LogP contribution is -2.08. The highest BCUT2D eigenvalue weighted by Crippen LogP contribution is 2.13. The average molecular weight is 261 g/mol. The SMILES string of the molecule is Cc1cccc(OCCc2cc(N)n(CCO)n2)c1. The van der Waals surface area contributed by atoms with Crippen molar-refractivity contribution >= 4 is 5.82 Å². The summed E-state index contributed by atoms with van der Waals surface area (Å²) in [6.45, 7) is 3.04. The largest absolute Gasteiger partial charge is 0.493 e. The number of hydrogen-bond acceptors (Lipinski definition) is 4. The summed E-state index contributed by atoms with van der Waals surface area (Å²) in [5, 5.41) is 13.2. The molecule has 5 heteroatoms. The van der Waals surface area contributed by atoms with Crippen molar-refractivity contribution in [2.24, 2.45) is 0 Å². The maximum absolute atomic E-state index is 8.86. The van der Waals surface area contributed by atoms with Crippen molar-refractivity contribution in [3.8, 4) is 5.75 Å². The lowest BCUT2D eigenvalue weighted by molar-refractivity contribution is 0.269. The zero-order valence-electron chi connectivity index (χ0n) is 11.0. The van der Waals surface area contributed by atoms with Crippen LogP contribution in [0.25, 0.3) is 0 Å². The summed E-state index contributed by atoms with van der Waals surface area (Å²) in [6, 6.07) is 9.75. The van der Waals surface area contributed by atoms with Gasteiger partial charge in [-0.3, -0.25) is 0 Å². The fraction of sp³-hybridized carbons (Fsp3) is 0.357. The molecular formula is C14H19N3O2. The molecule has 2 aromatic rings. The molecule has 0 bridgehead atoms. The summed E-state index contributed by atoms with van der Waals surface area (Å²) in [7, 11) is 0. The minimum Gasteiger partial charge on any atom is -0.493 e. The Morgan fingerprint density at radius 1 is 1.37 bits per heavy atom. The molecule has 19 heavy (non-hydrogen) atoms. The first-order valence-corrected chi connectivity index (χ1v) is 6.31. The Morgan fingerprint density at radius 2 is 2.21 bits per heavy atom. The molecule has 0 spiro atoms. The molecule has 1 aromatic carbocycles. The summed E-state index contributed by atoms with van der Waals surface area (Å²) in [5.74, 6) is 1.43. The third kappa shape index (κ3) is 3.72. The summed E-state index contributed by atoms with van der Waals surface area (Å²) in [5.41, 5.74) is 7.83. The van der Waals surface area contributed by atoms with E-state index in [4.69, 9.17) is 15.6 Å². The quantitative estimate of drug-likeness (QED) is 0.824. The molecule has 0 fully saturated rings. The second kappa shape index (κ2) is 6.24. The molecule has 0 radical (unpaired) electrons. The van der Waals surface area contributed by atoms with Crippen LogP contribution in [0.4, 0.5) is 5.82 Å². The highest BCUT2D eigenvalue weighted by molar-refractivity contribution is 5.31. The fourth-order valence-electron chi connectivity index (χ4n) is 1.86. The van der Waals surface area contributed by atoms with Gasteiger partial charge in [-0.25, -0.2) is 4.68 Å². The van der Waals surface area contributed by atoms with Crippen LogP contribution in [0.2, 0.25) is 0 Å². The van der Waals surface area contributed by atoms with Gasteiger partial charge in [0.05, 0.1) is 25.5 Å². The van der Waals surface area contributed by atoms with Crippen molar-refractivity contribution in [1.82, 2.24) is 9.78 Å². The second-order valence-corrected chi connectivity index (χ2v) is 4.42. The number of aliphatic hydroxyl groups is 1. The minimum atomic E-state index is 0.0328. The first kappa shape index (κ1) is 13.4. The van der Waals surface area contributed by atoms with Crippen molar-refractivity contribution in [2.45, 2.75) is 19.9 Å². The predicted octanol–water partition coefficient (Wildman–Crippen LogP) is 1.39. The zero-order chi connectivity index (χ0) is 13.7.